The maximum absolute atomic E-state index is 12.3. The van der Waals surface area contributed by atoms with Crippen LogP contribution in [0.4, 0.5) is 0 Å². The van der Waals surface area contributed by atoms with Crippen LogP contribution in [0.5, 0.6) is 0 Å². The lowest BCUT2D eigenvalue weighted by Gasteiger charge is -2.15. The molecule has 0 radical (unpaired) electrons. The molecule has 0 bridgehead atoms. The number of hydrogen-bond donors (Lipinski definition) is 1. The molecule has 0 heterocycles. The van der Waals surface area contributed by atoms with Crippen LogP contribution in [0, 0.1) is 0 Å². The monoisotopic (exact) mass is 857 g/mol. The van der Waals surface area contributed by atoms with E-state index in [0.717, 1.165) is 109 Å². The van der Waals surface area contributed by atoms with E-state index in [1.165, 1.54) is 70.6 Å². The highest BCUT2D eigenvalue weighted by molar-refractivity contribution is 5.70. The first-order valence-corrected chi connectivity index (χ1v) is 25.1. The molecule has 1 unspecified atom stereocenters. The Kier molecular flexibility index (Phi) is 48.6. The van der Waals surface area contributed by atoms with Crippen LogP contribution in [0.15, 0.2) is 122 Å². The lowest BCUT2D eigenvalue weighted by molar-refractivity contribution is -0.161. The van der Waals surface area contributed by atoms with Gasteiger partial charge in [-0.05, 0) is 109 Å². The number of rotatable bonds is 44. The van der Waals surface area contributed by atoms with Gasteiger partial charge in [0.05, 0.1) is 6.61 Å². The first-order valence-electron chi connectivity index (χ1n) is 25.1. The normalized spacial score (nSPS) is 13.3. The van der Waals surface area contributed by atoms with E-state index in [9.17, 15) is 14.7 Å². The SMILES string of the molecule is CC/C=C\C/C=C\C/C=C\C/C=C\C/C=C\C/C=C\C/C=C\CCCCCCCCCC(=O)OC(CO)COC(=O)CCCCCCCC/C=C\C/C=C\C/C=C\CCCCC. The van der Waals surface area contributed by atoms with Gasteiger partial charge in [-0.2, -0.15) is 0 Å². The van der Waals surface area contributed by atoms with Crippen molar-refractivity contribution in [2.24, 2.45) is 0 Å². The standard InChI is InChI=1S/C57H92O5/c1-3-5-7-9-11-13-15-17-19-21-23-24-25-26-27-28-29-30-31-32-34-36-38-40-42-44-46-48-50-52-57(60)62-55(53-58)54-61-56(59)51-49-47-45-43-41-39-37-35-33-22-20-18-16-14-12-10-8-6-4-2/h5,7,11-14,17-20,23-24,26-27,29-30,32-35,55,58H,3-4,6,8-10,15-16,21-22,25,28,31,36-54H2,1-2H3/b7-5-,13-11-,14-12-,19-17-,20-18-,24-23-,27-26-,30-29-,34-32-,35-33-. The quantitative estimate of drug-likeness (QED) is 0.0375. The largest absolute Gasteiger partial charge is 0.462 e. The summed E-state index contributed by atoms with van der Waals surface area (Å²) in [5.41, 5.74) is 0. The third-order valence-electron chi connectivity index (χ3n) is 10.2. The van der Waals surface area contributed by atoms with Gasteiger partial charge in [-0.3, -0.25) is 9.59 Å². The van der Waals surface area contributed by atoms with E-state index in [2.05, 4.69) is 135 Å². The second kappa shape index (κ2) is 51.6. The maximum Gasteiger partial charge on any atom is 0.306 e. The minimum absolute atomic E-state index is 0.0851. The van der Waals surface area contributed by atoms with Crippen molar-refractivity contribution in [3.05, 3.63) is 122 Å². The van der Waals surface area contributed by atoms with Gasteiger partial charge in [0.2, 0.25) is 0 Å². The molecule has 0 spiro atoms. The van der Waals surface area contributed by atoms with E-state index >= 15 is 0 Å². The van der Waals surface area contributed by atoms with E-state index in [0.29, 0.717) is 12.8 Å². The van der Waals surface area contributed by atoms with Gasteiger partial charge in [0.15, 0.2) is 6.10 Å². The Balaban J connectivity index is 3.63. The van der Waals surface area contributed by atoms with Crippen LogP contribution in [0.3, 0.4) is 0 Å². The Morgan fingerprint density at radius 2 is 0.694 bits per heavy atom. The summed E-state index contributed by atoms with van der Waals surface area (Å²) in [4.78, 5) is 24.4. The van der Waals surface area contributed by atoms with E-state index in [1.54, 1.807) is 0 Å². The second-order valence-corrected chi connectivity index (χ2v) is 16.2. The fraction of sp³-hybridized carbons (Fsp3) is 0.614. The summed E-state index contributed by atoms with van der Waals surface area (Å²) in [6.45, 7) is 3.97. The van der Waals surface area contributed by atoms with Crippen molar-refractivity contribution in [3.8, 4) is 0 Å². The van der Waals surface area contributed by atoms with Crippen molar-refractivity contribution >= 4 is 11.9 Å². The van der Waals surface area contributed by atoms with Gasteiger partial charge in [0, 0.05) is 12.8 Å². The van der Waals surface area contributed by atoms with E-state index in [4.69, 9.17) is 9.47 Å². The number of esters is 2. The number of aliphatic hydroxyl groups is 1. The lowest BCUT2D eigenvalue weighted by Crippen LogP contribution is -2.28. The average molecular weight is 857 g/mol. The molecule has 5 nitrogen and oxygen atoms in total. The number of allylic oxidation sites excluding steroid dienone is 20. The number of carbonyl (C=O) groups is 2. The Hall–Kier alpha value is -3.70. The maximum atomic E-state index is 12.3. The highest BCUT2D eigenvalue weighted by Crippen LogP contribution is 2.13. The van der Waals surface area contributed by atoms with Gasteiger partial charge in [0.25, 0.3) is 0 Å². The molecular formula is C57H92O5. The first kappa shape index (κ1) is 58.3. The second-order valence-electron chi connectivity index (χ2n) is 16.2. The molecule has 0 rings (SSSR count). The summed E-state index contributed by atoms with van der Waals surface area (Å²) in [5.74, 6) is -0.627. The van der Waals surface area contributed by atoms with E-state index in [1.807, 2.05) is 0 Å². The van der Waals surface area contributed by atoms with Crippen molar-refractivity contribution in [2.45, 2.75) is 213 Å². The number of ether oxygens (including phenoxy) is 2. The molecular weight excluding hydrogens is 765 g/mol. The zero-order valence-electron chi connectivity index (χ0n) is 39.8. The van der Waals surface area contributed by atoms with E-state index in [-0.39, 0.29) is 25.2 Å². The highest BCUT2D eigenvalue weighted by Gasteiger charge is 2.16. The van der Waals surface area contributed by atoms with Gasteiger partial charge in [-0.15, -0.1) is 0 Å². The molecule has 0 aliphatic rings. The molecule has 1 N–H and O–H groups in total. The molecule has 0 aliphatic heterocycles. The van der Waals surface area contributed by atoms with Gasteiger partial charge in [0.1, 0.15) is 6.61 Å². The van der Waals surface area contributed by atoms with Gasteiger partial charge >= 0.3 is 11.9 Å². The minimum Gasteiger partial charge on any atom is -0.462 e. The van der Waals surface area contributed by atoms with Gasteiger partial charge < -0.3 is 14.6 Å². The van der Waals surface area contributed by atoms with Crippen molar-refractivity contribution < 1.29 is 24.2 Å². The summed E-state index contributed by atoms with van der Waals surface area (Å²) in [5, 5.41) is 9.62. The van der Waals surface area contributed by atoms with Crippen LogP contribution in [0.25, 0.3) is 0 Å². The molecule has 0 saturated carbocycles. The molecule has 0 saturated heterocycles. The highest BCUT2D eigenvalue weighted by atomic mass is 16.6. The summed E-state index contributed by atoms with van der Waals surface area (Å²) < 4.78 is 10.7. The molecule has 0 fully saturated rings. The molecule has 0 aromatic carbocycles. The summed E-state index contributed by atoms with van der Waals surface area (Å²) in [6.07, 6.45) is 75.6. The van der Waals surface area contributed by atoms with Crippen LogP contribution < -0.4 is 0 Å². The molecule has 0 aliphatic carbocycles. The molecule has 0 aromatic rings. The molecule has 62 heavy (non-hydrogen) atoms. The predicted octanol–water partition coefficient (Wildman–Crippen LogP) is 16.7. The Morgan fingerprint density at radius 1 is 0.387 bits per heavy atom. The Labute approximate surface area is 382 Å². The van der Waals surface area contributed by atoms with Crippen molar-refractivity contribution in [1.82, 2.24) is 0 Å². The van der Waals surface area contributed by atoms with Crippen LogP contribution >= 0.6 is 0 Å². The Morgan fingerprint density at radius 3 is 1.05 bits per heavy atom. The zero-order chi connectivity index (χ0) is 44.9. The minimum atomic E-state index is -0.793. The number of aliphatic hydroxyl groups excluding tert-OH is 1. The van der Waals surface area contributed by atoms with Crippen molar-refractivity contribution in [2.75, 3.05) is 13.2 Å². The number of unbranched alkanes of at least 4 members (excludes halogenated alkanes) is 16. The zero-order valence-corrected chi connectivity index (χ0v) is 39.8. The fourth-order valence-corrected chi connectivity index (χ4v) is 6.48. The average Bonchev–Trinajstić information content (AvgIpc) is 3.28. The number of carbonyl (C=O) groups excluding carboxylic acids is 2. The van der Waals surface area contributed by atoms with Crippen molar-refractivity contribution in [1.29, 1.82) is 0 Å². The fourth-order valence-electron chi connectivity index (χ4n) is 6.48. The summed E-state index contributed by atoms with van der Waals surface area (Å²) >= 11 is 0. The topological polar surface area (TPSA) is 72.8 Å². The van der Waals surface area contributed by atoms with Crippen LogP contribution in [-0.4, -0.2) is 36.4 Å². The van der Waals surface area contributed by atoms with Gasteiger partial charge in [-0.25, -0.2) is 0 Å². The van der Waals surface area contributed by atoms with Crippen LogP contribution in [-0.2, 0) is 19.1 Å². The first-order chi connectivity index (χ1) is 30.6. The molecule has 1 atom stereocenters. The summed E-state index contributed by atoms with van der Waals surface area (Å²) in [7, 11) is 0. The summed E-state index contributed by atoms with van der Waals surface area (Å²) in [6, 6.07) is 0. The van der Waals surface area contributed by atoms with Crippen molar-refractivity contribution in [3.63, 3.8) is 0 Å². The van der Waals surface area contributed by atoms with Crippen LogP contribution in [0.2, 0.25) is 0 Å². The smallest absolute Gasteiger partial charge is 0.306 e. The van der Waals surface area contributed by atoms with Gasteiger partial charge in [-0.1, -0.05) is 206 Å². The van der Waals surface area contributed by atoms with E-state index < -0.39 is 6.10 Å². The molecule has 5 heteroatoms. The molecule has 350 valence electrons. The predicted molar refractivity (Wildman–Crippen MR) is 269 cm³/mol. The molecule has 0 amide bonds. The third-order valence-corrected chi connectivity index (χ3v) is 10.2. The van der Waals surface area contributed by atoms with Crippen LogP contribution in [0.1, 0.15) is 206 Å². The lowest BCUT2D eigenvalue weighted by atomic mass is 10.1. The number of hydrogen-bond acceptors (Lipinski definition) is 5. The molecule has 0 aromatic heterocycles. The third kappa shape index (κ3) is 49.0. The Bertz CT molecular complexity index is 1290.